The number of dihydropyridines is 1. The summed E-state index contributed by atoms with van der Waals surface area (Å²) in [7, 11) is 0. The Morgan fingerprint density at radius 3 is 2.93 bits per heavy atom. The Balaban J connectivity index is 1.99. The maximum absolute atomic E-state index is 3.23. The van der Waals surface area contributed by atoms with Gasteiger partial charge >= 0.3 is 0 Å². The molecule has 15 heavy (non-hydrogen) atoms. The van der Waals surface area contributed by atoms with Gasteiger partial charge in [-0.15, -0.1) is 0 Å². The highest BCUT2D eigenvalue weighted by molar-refractivity contribution is 5.18. The molecule has 0 aromatic heterocycles. The Labute approximate surface area is 93.6 Å². The highest BCUT2D eigenvalue weighted by atomic mass is 14.8. The Bertz CT molecular complexity index is 263. The van der Waals surface area contributed by atoms with Gasteiger partial charge in [-0.05, 0) is 42.9 Å². The lowest BCUT2D eigenvalue weighted by Crippen LogP contribution is -2.18. The summed E-state index contributed by atoms with van der Waals surface area (Å²) in [6.45, 7) is 4.74. The molecule has 1 aliphatic carbocycles. The van der Waals surface area contributed by atoms with E-state index >= 15 is 0 Å². The number of nitrogens with one attached hydrogen (secondary N) is 1. The Hall–Kier alpha value is -0.720. The second kappa shape index (κ2) is 4.87. The maximum atomic E-state index is 3.23. The fraction of sp³-hybridized carbons (Fsp3) is 0.714. The smallest absolute Gasteiger partial charge is 0.00114 e. The molecular formula is C14H23N. The van der Waals surface area contributed by atoms with Crippen molar-refractivity contribution >= 4 is 0 Å². The second-order valence-corrected chi connectivity index (χ2v) is 5.33. The largest absolute Gasteiger partial charge is 0.368 e. The molecule has 2 unspecified atom stereocenters. The molecule has 0 spiro atoms. The number of allylic oxidation sites excluding steroid dienone is 2. The van der Waals surface area contributed by atoms with Crippen LogP contribution in [0, 0.1) is 17.8 Å². The second-order valence-electron chi connectivity index (χ2n) is 5.33. The van der Waals surface area contributed by atoms with Crippen LogP contribution in [-0.4, -0.2) is 0 Å². The molecule has 1 heterocycles. The molecule has 1 saturated carbocycles. The van der Waals surface area contributed by atoms with E-state index in [1.165, 1.54) is 32.1 Å². The zero-order valence-electron chi connectivity index (χ0n) is 10.00. The minimum absolute atomic E-state index is 0.736. The number of hydrogen-bond acceptors (Lipinski definition) is 1. The van der Waals surface area contributed by atoms with E-state index in [1.807, 2.05) is 0 Å². The molecule has 0 saturated heterocycles. The summed E-state index contributed by atoms with van der Waals surface area (Å²) in [6, 6.07) is 0. The average molecular weight is 205 g/mol. The summed E-state index contributed by atoms with van der Waals surface area (Å²) in [6.07, 6.45) is 13.5. The highest BCUT2D eigenvalue weighted by Crippen LogP contribution is 2.34. The topological polar surface area (TPSA) is 12.0 Å². The molecule has 1 N–H and O–H groups in total. The summed E-state index contributed by atoms with van der Waals surface area (Å²) < 4.78 is 0. The van der Waals surface area contributed by atoms with Crippen LogP contribution in [0.2, 0.25) is 0 Å². The standard InChI is InChI=1S/C14H23N/c1-11(2)12-4-3-5-13-8-9-15-10-14(13)7-6-12/h8-13,15H,3-7H2,1-2H3. The zero-order chi connectivity index (χ0) is 10.7. The summed E-state index contributed by atoms with van der Waals surface area (Å²) in [5.41, 5.74) is 1.63. The van der Waals surface area contributed by atoms with Gasteiger partial charge in [0.2, 0.25) is 0 Å². The normalized spacial score (nSPS) is 31.3. The van der Waals surface area contributed by atoms with Gasteiger partial charge < -0.3 is 5.32 Å². The van der Waals surface area contributed by atoms with Crippen molar-refractivity contribution in [2.75, 3.05) is 0 Å². The molecule has 1 fully saturated rings. The lowest BCUT2D eigenvalue weighted by Gasteiger charge is -2.29. The molecule has 84 valence electrons. The van der Waals surface area contributed by atoms with Crippen LogP contribution >= 0.6 is 0 Å². The van der Waals surface area contributed by atoms with Crippen LogP contribution < -0.4 is 5.32 Å². The van der Waals surface area contributed by atoms with Crippen molar-refractivity contribution in [1.29, 1.82) is 0 Å². The van der Waals surface area contributed by atoms with Crippen molar-refractivity contribution in [2.24, 2.45) is 17.8 Å². The van der Waals surface area contributed by atoms with E-state index < -0.39 is 0 Å². The van der Waals surface area contributed by atoms with Gasteiger partial charge in [0.1, 0.15) is 0 Å². The fourth-order valence-electron chi connectivity index (χ4n) is 2.86. The average Bonchev–Trinajstić information content (AvgIpc) is 2.18. The van der Waals surface area contributed by atoms with Crippen LogP contribution in [0.3, 0.4) is 0 Å². The SMILES string of the molecule is CC(C)C1CCCC2C=CNC=C2CC1. The zero-order valence-corrected chi connectivity index (χ0v) is 10.00. The van der Waals surface area contributed by atoms with Gasteiger partial charge in [0.05, 0.1) is 0 Å². The monoisotopic (exact) mass is 205 g/mol. The number of rotatable bonds is 1. The van der Waals surface area contributed by atoms with Crippen molar-refractivity contribution < 1.29 is 0 Å². The summed E-state index contributed by atoms with van der Waals surface area (Å²) in [4.78, 5) is 0. The molecule has 0 bridgehead atoms. The maximum Gasteiger partial charge on any atom is 0.00114 e. The van der Waals surface area contributed by atoms with Crippen molar-refractivity contribution in [3.05, 3.63) is 24.0 Å². The first-order valence-electron chi connectivity index (χ1n) is 6.39. The highest BCUT2D eigenvalue weighted by Gasteiger charge is 2.21. The Morgan fingerprint density at radius 1 is 1.27 bits per heavy atom. The molecule has 1 heteroatoms. The first-order chi connectivity index (χ1) is 7.27. The van der Waals surface area contributed by atoms with Crippen LogP contribution in [0.4, 0.5) is 0 Å². The summed E-state index contributed by atoms with van der Waals surface area (Å²) in [5, 5.41) is 3.23. The van der Waals surface area contributed by atoms with Gasteiger partial charge in [-0.3, -0.25) is 0 Å². The van der Waals surface area contributed by atoms with E-state index in [4.69, 9.17) is 0 Å². The molecular weight excluding hydrogens is 182 g/mol. The fourth-order valence-corrected chi connectivity index (χ4v) is 2.86. The van der Waals surface area contributed by atoms with E-state index in [0.717, 1.165) is 17.8 Å². The van der Waals surface area contributed by atoms with Crippen molar-refractivity contribution in [2.45, 2.75) is 46.0 Å². The van der Waals surface area contributed by atoms with Crippen LogP contribution in [-0.2, 0) is 0 Å². The lowest BCUT2D eigenvalue weighted by molar-refractivity contribution is 0.305. The summed E-state index contributed by atoms with van der Waals surface area (Å²) in [5.74, 6) is 2.53. The van der Waals surface area contributed by atoms with Crippen molar-refractivity contribution in [1.82, 2.24) is 5.32 Å². The van der Waals surface area contributed by atoms with Gasteiger partial charge in [0, 0.05) is 12.1 Å². The van der Waals surface area contributed by atoms with Gasteiger partial charge in [0.15, 0.2) is 0 Å². The van der Waals surface area contributed by atoms with Gasteiger partial charge in [-0.25, -0.2) is 0 Å². The molecule has 1 nitrogen and oxygen atoms in total. The third-order valence-corrected chi connectivity index (χ3v) is 4.01. The van der Waals surface area contributed by atoms with E-state index in [0.29, 0.717) is 0 Å². The molecule has 0 amide bonds. The third-order valence-electron chi connectivity index (χ3n) is 4.01. The Kier molecular flexibility index (Phi) is 3.50. The van der Waals surface area contributed by atoms with Crippen molar-refractivity contribution in [3.63, 3.8) is 0 Å². The van der Waals surface area contributed by atoms with E-state index in [9.17, 15) is 0 Å². The van der Waals surface area contributed by atoms with Crippen LogP contribution in [0.1, 0.15) is 46.0 Å². The first kappa shape index (κ1) is 10.8. The minimum Gasteiger partial charge on any atom is -0.368 e. The molecule has 1 aliphatic heterocycles. The molecule has 2 rings (SSSR count). The van der Waals surface area contributed by atoms with Crippen molar-refractivity contribution in [3.8, 4) is 0 Å². The minimum atomic E-state index is 0.736. The van der Waals surface area contributed by atoms with Gasteiger partial charge in [-0.2, -0.15) is 0 Å². The van der Waals surface area contributed by atoms with Crippen LogP contribution in [0.15, 0.2) is 24.0 Å². The molecule has 0 aromatic rings. The number of hydrogen-bond donors (Lipinski definition) is 1. The van der Waals surface area contributed by atoms with E-state index in [1.54, 1.807) is 5.57 Å². The predicted octanol–water partition coefficient (Wildman–Crippen LogP) is 3.84. The third kappa shape index (κ3) is 2.64. The van der Waals surface area contributed by atoms with E-state index in [2.05, 4.69) is 37.6 Å². The first-order valence-corrected chi connectivity index (χ1v) is 6.39. The quantitative estimate of drug-likeness (QED) is 0.686. The Morgan fingerprint density at radius 2 is 2.13 bits per heavy atom. The molecule has 2 aliphatic rings. The van der Waals surface area contributed by atoms with Crippen LogP contribution in [0.5, 0.6) is 0 Å². The molecule has 0 radical (unpaired) electrons. The predicted molar refractivity (Wildman–Crippen MR) is 65.3 cm³/mol. The number of fused-ring (bicyclic) bond motifs is 1. The molecule has 0 aromatic carbocycles. The summed E-state index contributed by atoms with van der Waals surface area (Å²) >= 11 is 0. The lowest BCUT2D eigenvalue weighted by atomic mass is 9.78. The molecule has 2 atom stereocenters. The van der Waals surface area contributed by atoms with Crippen LogP contribution in [0.25, 0.3) is 0 Å². The van der Waals surface area contributed by atoms with Gasteiger partial charge in [-0.1, -0.05) is 32.8 Å². The van der Waals surface area contributed by atoms with E-state index in [-0.39, 0.29) is 0 Å². The van der Waals surface area contributed by atoms with Gasteiger partial charge in [0.25, 0.3) is 0 Å².